The zero-order chi connectivity index (χ0) is 17.1. The molecular formula is C20H31NO2. The topological polar surface area (TPSA) is 49.7 Å². The number of fused-ring (bicyclic) bond motifs is 3. The van der Waals surface area contributed by atoms with Crippen molar-refractivity contribution in [2.24, 2.45) is 21.7 Å². The normalized spacial score (nSPS) is 38.7. The molecule has 0 aromatic heterocycles. The van der Waals surface area contributed by atoms with Crippen molar-refractivity contribution in [2.75, 3.05) is 0 Å². The van der Waals surface area contributed by atoms with Crippen LogP contribution in [0.25, 0.3) is 0 Å². The fourth-order valence-corrected chi connectivity index (χ4v) is 5.65. The van der Waals surface area contributed by atoms with Crippen LogP contribution in [0.5, 0.6) is 0 Å². The molecule has 0 unspecified atom stereocenters. The maximum Gasteiger partial charge on any atom is 0.166 e. The minimum Gasteiger partial charge on any atom is -0.383 e. The molecule has 0 saturated heterocycles. The number of ketones is 1. The second-order valence-corrected chi connectivity index (χ2v) is 9.40. The Morgan fingerprint density at radius 2 is 2.00 bits per heavy atom. The summed E-state index contributed by atoms with van der Waals surface area (Å²) < 4.78 is 0. The van der Waals surface area contributed by atoms with Gasteiger partial charge < -0.3 is 5.11 Å². The summed E-state index contributed by atoms with van der Waals surface area (Å²) in [6, 6.07) is 0. The van der Waals surface area contributed by atoms with Crippen LogP contribution in [0.15, 0.2) is 16.6 Å². The SMILES string of the molecule is CC(C)(O)C(=O)C[C@@]12CC[C@H]3C(C)(C)CCC[C@]3(C)C1=CC=N2. The fraction of sp³-hybridized carbons (Fsp3) is 0.800. The highest BCUT2D eigenvalue weighted by molar-refractivity contribution is 5.89. The van der Waals surface area contributed by atoms with Crippen molar-refractivity contribution < 1.29 is 9.90 Å². The number of Topliss-reactive ketones (excluding diaryl/α,β-unsaturated/α-hetero) is 1. The highest BCUT2D eigenvalue weighted by Gasteiger charge is 2.58. The second-order valence-electron chi connectivity index (χ2n) is 9.40. The summed E-state index contributed by atoms with van der Waals surface area (Å²) in [5, 5.41) is 10.1. The Balaban J connectivity index is 1.96. The molecule has 3 rings (SSSR count). The van der Waals surface area contributed by atoms with E-state index in [-0.39, 0.29) is 11.2 Å². The summed E-state index contributed by atoms with van der Waals surface area (Å²) >= 11 is 0. The van der Waals surface area contributed by atoms with Crippen LogP contribution >= 0.6 is 0 Å². The van der Waals surface area contributed by atoms with Crippen molar-refractivity contribution in [1.82, 2.24) is 0 Å². The predicted molar refractivity (Wildman–Crippen MR) is 93.7 cm³/mol. The molecular weight excluding hydrogens is 286 g/mol. The van der Waals surface area contributed by atoms with Crippen LogP contribution in [0.2, 0.25) is 0 Å². The van der Waals surface area contributed by atoms with E-state index in [2.05, 4.69) is 26.8 Å². The standard InChI is InChI=1S/C20H31NO2/c1-17(2)9-6-10-19(5)14(17)7-11-20(15(19)8-12-21-20)13-16(22)18(3,4)23/h8,12,14,23H,6-7,9-11,13H2,1-5H3/t14-,19-,20-/m0/s1. The first-order chi connectivity index (χ1) is 10.5. The molecule has 3 atom stereocenters. The third-order valence-electron chi connectivity index (χ3n) is 6.89. The third kappa shape index (κ3) is 2.52. The Morgan fingerprint density at radius 1 is 1.30 bits per heavy atom. The van der Waals surface area contributed by atoms with Gasteiger partial charge in [0.25, 0.3) is 0 Å². The molecule has 128 valence electrons. The molecule has 2 saturated carbocycles. The molecule has 0 aromatic carbocycles. The number of nitrogens with zero attached hydrogens (tertiary/aromatic N) is 1. The van der Waals surface area contributed by atoms with Gasteiger partial charge in [-0.1, -0.05) is 27.2 Å². The van der Waals surface area contributed by atoms with Gasteiger partial charge in [-0.05, 0) is 67.9 Å². The molecule has 0 spiro atoms. The van der Waals surface area contributed by atoms with Crippen LogP contribution in [-0.2, 0) is 4.79 Å². The van der Waals surface area contributed by atoms with E-state index in [9.17, 15) is 9.90 Å². The predicted octanol–water partition coefficient (Wildman–Crippen LogP) is 4.09. The van der Waals surface area contributed by atoms with Gasteiger partial charge >= 0.3 is 0 Å². The number of allylic oxidation sites excluding steroid dienone is 1. The average molecular weight is 317 g/mol. The molecule has 1 N–H and O–H groups in total. The lowest BCUT2D eigenvalue weighted by atomic mass is 9.47. The van der Waals surface area contributed by atoms with Gasteiger partial charge in [-0.3, -0.25) is 9.79 Å². The van der Waals surface area contributed by atoms with E-state index in [0.717, 1.165) is 12.8 Å². The lowest BCUT2D eigenvalue weighted by Gasteiger charge is -2.58. The molecule has 0 amide bonds. The van der Waals surface area contributed by atoms with Gasteiger partial charge in [-0.2, -0.15) is 0 Å². The van der Waals surface area contributed by atoms with E-state index in [1.165, 1.54) is 24.8 Å². The minimum absolute atomic E-state index is 0.0976. The molecule has 23 heavy (non-hydrogen) atoms. The molecule has 2 aliphatic carbocycles. The van der Waals surface area contributed by atoms with E-state index in [4.69, 9.17) is 4.99 Å². The van der Waals surface area contributed by atoms with E-state index in [1.807, 2.05) is 6.21 Å². The largest absolute Gasteiger partial charge is 0.383 e. The van der Waals surface area contributed by atoms with Gasteiger partial charge in [0.05, 0.1) is 5.54 Å². The highest BCUT2D eigenvalue weighted by Crippen LogP contribution is 2.63. The lowest BCUT2D eigenvalue weighted by Crippen LogP contribution is -2.53. The number of rotatable bonds is 3. The summed E-state index contributed by atoms with van der Waals surface area (Å²) in [6.07, 6.45) is 10.2. The fourth-order valence-electron chi connectivity index (χ4n) is 5.65. The minimum atomic E-state index is -1.28. The Hall–Kier alpha value is -0.960. The summed E-state index contributed by atoms with van der Waals surface area (Å²) in [6.45, 7) is 10.4. The van der Waals surface area contributed by atoms with Gasteiger partial charge in [-0.25, -0.2) is 0 Å². The maximum absolute atomic E-state index is 12.5. The van der Waals surface area contributed by atoms with E-state index < -0.39 is 11.1 Å². The first-order valence-corrected chi connectivity index (χ1v) is 9.03. The number of hydrogen-bond acceptors (Lipinski definition) is 3. The highest BCUT2D eigenvalue weighted by atomic mass is 16.3. The van der Waals surface area contributed by atoms with Crippen molar-refractivity contribution in [3.8, 4) is 0 Å². The molecule has 3 aliphatic rings. The molecule has 2 fully saturated rings. The van der Waals surface area contributed by atoms with Gasteiger partial charge in [0.2, 0.25) is 0 Å². The van der Waals surface area contributed by atoms with Crippen LogP contribution in [0.4, 0.5) is 0 Å². The van der Waals surface area contributed by atoms with E-state index >= 15 is 0 Å². The van der Waals surface area contributed by atoms with Gasteiger partial charge in [0.1, 0.15) is 5.60 Å². The summed E-state index contributed by atoms with van der Waals surface area (Å²) in [7, 11) is 0. The lowest BCUT2D eigenvalue weighted by molar-refractivity contribution is -0.135. The maximum atomic E-state index is 12.5. The van der Waals surface area contributed by atoms with Crippen LogP contribution in [0, 0.1) is 16.7 Å². The Morgan fingerprint density at radius 3 is 2.65 bits per heavy atom. The number of aliphatic hydroxyl groups is 1. The molecule has 0 radical (unpaired) electrons. The number of aliphatic imine (C=N–C) groups is 1. The van der Waals surface area contributed by atoms with Crippen molar-refractivity contribution in [2.45, 2.75) is 84.3 Å². The van der Waals surface area contributed by atoms with Crippen LogP contribution in [-0.4, -0.2) is 28.2 Å². The van der Waals surface area contributed by atoms with Gasteiger partial charge in [0.15, 0.2) is 5.78 Å². The molecule has 0 aromatic rings. The third-order valence-corrected chi connectivity index (χ3v) is 6.89. The monoisotopic (exact) mass is 317 g/mol. The molecule has 3 nitrogen and oxygen atoms in total. The number of carbonyl (C=O) groups is 1. The molecule has 0 bridgehead atoms. The number of carbonyl (C=O) groups excluding carboxylic acids is 1. The van der Waals surface area contributed by atoms with E-state index in [0.29, 0.717) is 17.8 Å². The zero-order valence-electron chi connectivity index (χ0n) is 15.3. The van der Waals surface area contributed by atoms with Crippen molar-refractivity contribution in [3.63, 3.8) is 0 Å². The first-order valence-electron chi connectivity index (χ1n) is 9.03. The number of hydrogen-bond donors (Lipinski definition) is 1. The van der Waals surface area contributed by atoms with E-state index in [1.54, 1.807) is 13.8 Å². The van der Waals surface area contributed by atoms with Crippen LogP contribution < -0.4 is 0 Å². The van der Waals surface area contributed by atoms with Crippen LogP contribution in [0.3, 0.4) is 0 Å². The van der Waals surface area contributed by atoms with Gasteiger partial charge in [-0.15, -0.1) is 0 Å². The Labute approximate surface area is 140 Å². The smallest absolute Gasteiger partial charge is 0.166 e. The summed E-state index contributed by atoms with van der Waals surface area (Å²) in [4.78, 5) is 17.3. The van der Waals surface area contributed by atoms with Crippen molar-refractivity contribution >= 4 is 12.0 Å². The van der Waals surface area contributed by atoms with Crippen molar-refractivity contribution in [1.29, 1.82) is 0 Å². The van der Waals surface area contributed by atoms with Crippen LogP contribution in [0.1, 0.15) is 73.1 Å². The summed E-state index contributed by atoms with van der Waals surface area (Å²) in [5.74, 6) is 0.557. The Bertz CT molecular complexity index is 581. The zero-order valence-corrected chi connectivity index (χ0v) is 15.3. The molecule has 3 heteroatoms. The first kappa shape index (κ1) is 16.9. The quantitative estimate of drug-likeness (QED) is 0.852. The average Bonchev–Trinajstić information content (AvgIpc) is 2.81. The Kier molecular flexibility index (Phi) is 3.68. The second kappa shape index (κ2) is 5.02. The molecule has 1 aliphatic heterocycles. The van der Waals surface area contributed by atoms with Gasteiger partial charge in [0, 0.05) is 12.6 Å². The van der Waals surface area contributed by atoms with Crippen molar-refractivity contribution in [3.05, 3.63) is 11.6 Å². The molecule has 1 heterocycles. The summed E-state index contributed by atoms with van der Waals surface area (Å²) in [5.41, 5.74) is 0.169.